The highest BCUT2D eigenvalue weighted by atomic mass is 35.5. The summed E-state index contributed by atoms with van der Waals surface area (Å²) in [5.74, 6) is 2.07. The Labute approximate surface area is 331 Å². The van der Waals surface area contributed by atoms with Crippen LogP contribution in [0.4, 0.5) is 16.3 Å². The number of anilines is 2. The number of likely N-dealkylation sites (tertiary alicyclic amines) is 1. The third-order valence-corrected chi connectivity index (χ3v) is 12.3. The molecule has 4 aliphatic rings. The Kier molecular flexibility index (Phi) is 11.1. The van der Waals surface area contributed by atoms with Crippen LogP contribution in [0.1, 0.15) is 80.4 Å². The molecule has 292 valence electrons. The SMILES string of the molecule is C[C@H]1CN(c2ccc(C(=O)N[C@H]3CC[C@H](Oc4ccc(C#N)c(Cl)c4)CC3)nn2)CC[C@H]1CN1CCC(n2ncc3c(N4CCC(=O)NC4=O)cccc32)CC1. The summed E-state index contributed by atoms with van der Waals surface area (Å²) in [6.07, 6.45) is 8.45. The fourth-order valence-electron chi connectivity index (χ4n) is 8.78. The molecular weight excluding hydrogens is 732 g/mol. The van der Waals surface area contributed by atoms with E-state index in [1.54, 1.807) is 29.2 Å². The maximum absolute atomic E-state index is 13.1. The predicted octanol–water partition coefficient (Wildman–Crippen LogP) is 5.72. The number of aromatic nitrogens is 4. The van der Waals surface area contributed by atoms with Gasteiger partial charge in [-0.05, 0) is 93.2 Å². The van der Waals surface area contributed by atoms with Crippen LogP contribution in [-0.2, 0) is 4.79 Å². The molecule has 0 radical (unpaired) electrons. The van der Waals surface area contributed by atoms with E-state index < -0.39 is 0 Å². The second-order valence-corrected chi connectivity index (χ2v) is 16.1. The molecule has 1 aliphatic carbocycles. The van der Waals surface area contributed by atoms with Crippen LogP contribution in [0, 0.1) is 23.2 Å². The molecule has 56 heavy (non-hydrogen) atoms. The molecule has 8 rings (SSSR count). The van der Waals surface area contributed by atoms with Crippen LogP contribution in [-0.4, -0.2) is 94.1 Å². The Hall–Kier alpha value is -5.26. The Balaban J connectivity index is 0.777. The third kappa shape index (κ3) is 8.15. The quantitative estimate of drug-likeness (QED) is 0.215. The second kappa shape index (κ2) is 16.5. The largest absolute Gasteiger partial charge is 0.490 e. The zero-order valence-corrected chi connectivity index (χ0v) is 32.3. The first-order valence-electron chi connectivity index (χ1n) is 19.8. The minimum Gasteiger partial charge on any atom is -0.490 e. The summed E-state index contributed by atoms with van der Waals surface area (Å²) in [5, 5.41) is 29.5. The van der Waals surface area contributed by atoms with Gasteiger partial charge in [-0.2, -0.15) is 10.4 Å². The van der Waals surface area contributed by atoms with E-state index in [4.69, 9.17) is 26.7 Å². The number of piperidine rings is 2. The van der Waals surface area contributed by atoms with Gasteiger partial charge in [0.15, 0.2) is 11.5 Å². The van der Waals surface area contributed by atoms with Gasteiger partial charge in [0.25, 0.3) is 5.91 Å². The number of rotatable bonds is 9. The van der Waals surface area contributed by atoms with Gasteiger partial charge in [-0.25, -0.2) is 4.79 Å². The van der Waals surface area contributed by atoms with Gasteiger partial charge in [0.05, 0.1) is 40.1 Å². The molecule has 5 heterocycles. The highest BCUT2D eigenvalue weighted by Gasteiger charge is 2.32. The average molecular weight is 779 g/mol. The third-order valence-electron chi connectivity index (χ3n) is 12.0. The van der Waals surface area contributed by atoms with Crippen LogP contribution >= 0.6 is 11.6 Å². The van der Waals surface area contributed by atoms with Crippen molar-refractivity contribution in [3.8, 4) is 11.8 Å². The van der Waals surface area contributed by atoms with E-state index in [1.165, 1.54) is 0 Å². The number of ether oxygens (including phenoxy) is 1. The summed E-state index contributed by atoms with van der Waals surface area (Å²) in [7, 11) is 0. The number of nitriles is 1. The fraction of sp³-hybridized carbons (Fsp3) is 0.488. The molecule has 1 saturated carbocycles. The predicted molar refractivity (Wildman–Crippen MR) is 212 cm³/mol. The van der Waals surface area contributed by atoms with Crippen molar-refractivity contribution in [2.24, 2.45) is 11.8 Å². The number of carbonyl (C=O) groups is 3. The lowest BCUT2D eigenvalue weighted by Gasteiger charge is -2.41. The smallest absolute Gasteiger partial charge is 0.328 e. The van der Waals surface area contributed by atoms with Gasteiger partial charge in [0, 0.05) is 63.2 Å². The highest BCUT2D eigenvalue weighted by molar-refractivity contribution is 6.31. The second-order valence-electron chi connectivity index (χ2n) is 15.7. The Bertz CT molecular complexity index is 2120. The van der Waals surface area contributed by atoms with Gasteiger partial charge in [0.2, 0.25) is 5.91 Å². The van der Waals surface area contributed by atoms with E-state index in [0.29, 0.717) is 40.4 Å². The van der Waals surface area contributed by atoms with Gasteiger partial charge in [-0.1, -0.05) is 24.6 Å². The molecule has 0 unspecified atom stereocenters. The molecule has 2 aromatic heterocycles. The molecule has 4 fully saturated rings. The molecule has 2 atom stereocenters. The van der Waals surface area contributed by atoms with Crippen molar-refractivity contribution in [3.63, 3.8) is 0 Å². The van der Waals surface area contributed by atoms with Crippen LogP contribution < -0.4 is 25.2 Å². The van der Waals surface area contributed by atoms with Crippen molar-refractivity contribution in [1.82, 2.24) is 35.5 Å². The summed E-state index contributed by atoms with van der Waals surface area (Å²) in [6, 6.07) is 16.8. The molecule has 2 aromatic carbocycles. The van der Waals surface area contributed by atoms with Crippen molar-refractivity contribution in [3.05, 3.63) is 71.0 Å². The number of halogens is 1. The number of nitrogens with one attached hydrogen (secondary N) is 2. The van der Waals surface area contributed by atoms with Crippen LogP contribution in [0.25, 0.3) is 10.9 Å². The molecule has 2 N–H and O–H groups in total. The number of urea groups is 1. The lowest BCUT2D eigenvalue weighted by Crippen LogP contribution is -2.49. The molecule has 4 amide bonds. The minimum atomic E-state index is -0.382. The van der Waals surface area contributed by atoms with E-state index in [2.05, 4.69) is 54.4 Å². The lowest BCUT2D eigenvalue weighted by molar-refractivity contribution is -0.120. The minimum absolute atomic E-state index is 0.0304. The number of amides is 4. The monoisotopic (exact) mass is 778 g/mol. The van der Waals surface area contributed by atoms with E-state index in [1.807, 2.05) is 24.4 Å². The summed E-state index contributed by atoms with van der Waals surface area (Å²) >= 11 is 6.16. The maximum atomic E-state index is 13.1. The van der Waals surface area contributed by atoms with Gasteiger partial charge in [0.1, 0.15) is 11.8 Å². The molecule has 15 heteroatoms. The molecule has 14 nitrogen and oxygen atoms in total. The summed E-state index contributed by atoms with van der Waals surface area (Å²) in [4.78, 5) is 43.8. The number of hydrogen-bond acceptors (Lipinski definition) is 10. The Morgan fingerprint density at radius 3 is 2.54 bits per heavy atom. The molecular formula is C41H47ClN10O4. The normalized spacial score (nSPS) is 23.8. The standard InChI is InChI=1S/C41H47ClN10O4/c1-26-24-50(38-12-11-35(47-48-38)40(54)45-29-6-9-31(10-7-29)56-32-8-5-27(22-43)34(42)21-32)19-13-28(26)25-49-17-14-30(15-18-49)52-37-4-2-3-36(33(37)23-44-52)51-20-16-39(53)46-41(51)55/h2-5,8,11-12,21,23,26,28-31H,6-7,9-10,13-20,24-25H2,1H3,(H,45,54)(H,46,53,55)/t26-,28-,29-,31-/m0/s1. The van der Waals surface area contributed by atoms with Crippen LogP contribution in [0.15, 0.2) is 54.7 Å². The van der Waals surface area contributed by atoms with Crippen LogP contribution in [0.5, 0.6) is 5.75 Å². The Morgan fingerprint density at radius 2 is 1.82 bits per heavy atom. The van der Waals surface area contributed by atoms with Crippen molar-refractivity contribution in [2.45, 2.75) is 76.5 Å². The van der Waals surface area contributed by atoms with E-state index in [9.17, 15) is 14.4 Å². The zero-order chi connectivity index (χ0) is 38.8. The first-order valence-corrected chi connectivity index (χ1v) is 20.2. The van der Waals surface area contributed by atoms with E-state index in [0.717, 1.165) is 100 Å². The number of benzene rings is 2. The van der Waals surface area contributed by atoms with Crippen molar-refractivity contribution in [2.75, 3.05) is 49.1 Å². The van der Waals surface area contributed by atoms with Gasteiger partial charge >= 0.3 is 6.03 Å². The molecule has 3 aliphatic heterocycles. The van der Waals surface area contributed by atoms with Crippen LogP contribution in [0.2, 0.25) is 5.02 Å². The summed E-state index contributed by atoms with van der Waals surface area (Å²) in [6.45, 7) is 7.56. The van der Waals surface area contributed by atoms with E-state index >= 15 is 0 Å². The van der Waals surface area contributed by atoms with Crippen molar-refractivity contribution < 1.29 is 19.1 Å². The first-order chi connectivity index (χ1) is 27.2. The van der Waals surface area contributed by atoms with Crippen molar-refractivity contribution >= 4 is 51.9 Å². The Morgan fingerprint density at radius 1 is 1.00 bits per heavy atom. The maximum Gasteiger partial charge on any atom is 0.328 e. The number of hydrogen-bond donors (Lipinski definition) is 2. The van der Waals surface area contributed by atoms with Crippen LogP contribution in [0.3, 0.4) is 0 Å². The fourth-order valence-corrected chi connectivity index (χ4v) is 8.99. The van der Waals surface area contributed by atoms with Gasteiger partial charge < -0.3 is 19.9 Å². The number of nitrogens with zero attached hydrogens (tertiary/aromatic N) is 8. The van der Waals surface area contributed by atoms with E-state index in [-0.39, 0.29) is 42.5 Å². The molecule has 0 bridgehead atoms. The van der Waals surface area contributed by atoms with Gasteiger partial charge in [-0.3, -0.25) is 24.5 Å². The van der Waals surface area contributed by atoms with Crippen molar-refractivity contribution in [1.29, 1.82) is 5.26 Å². The molecule has 3 saturated heterocycles. The lowest BCUT2D eigenvalue weighted by atomic mass is 9.86. The first kappa shape index (κ1) is 37.7. The number of carbonyl (C=O) groups excluding carboxylic acids is 3. The summed E-state index contributed by atoms with van der Waals surface area (Å²) in [5.41, 5.74) is 2.55. The number of fused-ring (bicyclic) bond motifs is 1. The zero-order valence-electron chi connectivity index (χ0n) is 31.6. The average Bonchev–Trinajstić information content (AvgIpc) is 3.65. The molecule has 4 aromatic rings. The molecule has 0 spiro atoms. The number of imide groups is 1. The highest BCUT2D eigenvalue weighted by Crippen LogP contribution is 2.34. The summed E-state index contributed by atoms with van der Waals surface area (Å²) < 4.78 is 8.22. The van der Waals surface area contributed by atoms with Gasteiger partial charge in [-0.15, -0.1) is 10.2 Å². The topological polar surface area (TPSA) is 162 Å².